The number of hydrogen-bond donors (Lipinski definition) is 3. The van der Waals surface area contributed by atoms with Gasteiger partial charge >= 0.3 is 5.97 Å². The van der Waals surface area contributed by atoms with E-state index in [9.17, 15) is 18.3 Å². The van der Waals surface area contributed by atoms with Crippen molar-refractivity contribution in [3.63, 3.8) is 0 Å². The molecule has 0 unspecified atom stereocenters. The highest BCUT2D eigenvalue weighted by atomic mass is 32.2. The first-order valence-electron chi connectivity index (χ1n) is 10.3. The molecule has 0 amide bonds. The molecule has 4 aromatic rings. The van der Waals surface area contributed by atoms with E-state index in [0.29, 0.717) is 11.0 Å². The number of aromatic amines is 1. The summed E-state index contributed by atoms with van der Waals surface area (Å²) in [5, 5.41) is 11.2. The Hall–Kier alpha value is -3.10. The van der Waals surface area contributed by atoms with Gasteiger partial charge in [0.15, 0.2) is 0 Å². The molecular formula is C23H22N2O5S. The second kappa shape index (κ2) is 7.55. The Morgan fingerprint density at radius 3 is 2.77 bits per heavy atom. The summed E-state index contributed by atoms with van der Waals surface area (Å²) >= 11 is 0. The van der Waals surface area contributed by atoms with Crippen LogP contribution in [0.5, 0.6) is 0 Å². The van der Waals surface area contributed by atoms with Crippen molar-refractivity contribution >= 4 is 37.9 Å². The maximum atomic E-state index is 13.3. The molecule has 0 saturated carbocycles. The number of sulfonamides is 1. The van der Waals surface area contributed by atoms with E-state index in [4.69, 9.17) is 4.42 Å². The fourth-order valence-electron chi connectivity index (χ4n) is 4.46. The van der Waals surface area contributed by atoms with Crippen molar-refractivity contribution in [1.82, 2.24) is 9.71 Å². The molecule has 7 nitrogen and oxygen atoms in total. The van der Waals surface area contributed by atoms with E-state index in [0.717, 1.165) is 53.5 Å². The maximum absolute atomic E-state index is 13.3. The minimum absolute atomic E-state index is 0.0258. The van der Waals surface area contributed by atoms with Crippen molar-refractivity contribution in [2.75, 3.05) is 0 Å². The lowest BCUT2D eigenvalue weighted by Gasteiger charge is -2.16. The lowest BCUT2D eigenvalue weighted by molar-refractivity contribution is -0.138. The molecule has 0 fully saturated rings. The van der Waals surface area contributed by atoms with E-state index in [1.54, 1.807) is 18.3 Å². The Labute approximate surface area is 179 Å². The quantitative estimate of drug-likeness (QED) is 0.424. The summed E-state index contributed by atoms with van der Waals surface area (Å²) in [5.74, 6) is -0.396. The summed E-state index contributed by atoms with van der Waals surface area (Å²) in [6.07, 6.45) is 5.28. The van der Waals surface area contributed by atoms with Crippen LogP contribution >= 0.6 is 0 Å². The van der Waals surface area contributed by atoms with Gasteiger partial charge in [0.2, 0.25) is 10.0 Å². The number of aliphatic carboxylic acids is 1. The number of H-pyrrole nitrogens is 1. The topological polar surface area (TPSA) is 112 Å². The summed E-state index contributed by atoms with van der Waals surface area (Å²) in [6, 6.07) is 11.1. The first-order chi connectivity index (χ1) is 14.9. The lowest BCUT2D eigenvalue weighted by Crippen LogP contribution is -2.42. The van der Waals surface area contributed by atoms with Crippen LogP contribution in [-0.2, 0) is 34.1 Å². The third kappa shape index (κ3) is 3.51. The fraction of sp³-hybridized carbons (Fsp3) is 0.261. The number of carbonyl (C=O) groups is 1. The smallest absolute Gasteiger partial charge is 0.322 e. The Morgan fingerprint density at radius 1 is 1.13 bits per heavy atom. The number of rotatable bonds is 6. The van der Waals surface area contributed by atoms with Crippen molar-refractivity contribution in [3.05, 3.63) is 65.5 Å². The Bertz CT molecular complexity index is 1400. The molecule has 0 spiro atoms. The Morgan fingerprint density at radius 2 is 1.94 bits per heavy atom. The minimum Gasteiger partial charge on any atom is -0.480 e. The molecule has 0 aliphatic heterocycles. The molecular weight excluding hydrogens is 416 g/mol. The van der Waals surface area contributed by atoms with Gasteiger partial charge in [-0.3, -0.25) is 4.79 Å². The van der Waals surface area contributed by atoms with Gasteiger partial charge in [-0.25, -0.2) is 8.42 Å². The molecule has 2 aromatic carbocycles. The zero-order valence-electron chi connectivity index (χ0n) is 16.7. The summed E-state index contributed by atoms with van der Waals surface area (Å²) in [4.78, 5) is 15.1. The fourth-order valence-corrected chi connectivity index (χ4v) is 5.89. The molecule has 0 radical (unpaired) electrons. The van der Waals surface area contributed by atoms with Crippen LogP contribution in [0.25, 0.3) is 21.9 Å². The van der Waals surface area contributed by atoms with Crippen LogP contribution in [0.15, 0.2) is 58.0 Å². The second-order valence-electron chi connectivity index (χ2n) is 7.92. The van der Waals surface area contributed by atoms with Crippen LogP contribution < -0.4 is 4.72 Å². The van der Waals surface area contributed by atoms with E-state index in [1.807, 2.05) is 24.3 Å². The number of aromatic nitrogens is 1. The van der Waals surface area contributed by atoms with Gasteiger partial charge in [-0.05, 0) is 43.0 Å². The standard InChI is InChI=1S/C23H22N2O5S/c26-23(27)18(12-14-13-24-17-8-3-1-6-15(14)17)25-31(28,29)21-11-5-10-20-22(21)16-7-2-4-9-19(16)30-20/h1,3,5-6,8,10-11,13,18,24-25H,2,4,7,9,12H2,(H,26,27)/t18-/m1/s1. The molecule has 3 N–H and O–H groups in total. The van der Waals surface area contributed by atoms with Gasteiger partial charge in [0, 0.05) is 40.9 Å². The molecule has 1 aliphatic rings. The molecule has 8 heteroatoms. The first-order valence-corrected chi connectivity index (χ1v) is 11.8. The van der Waals surface area contributed by atoms with Gasteiger partial charge in [0.1, 0.15) is 17.4 Å². The zero-order chi connectivity index (χ0) is 21.6. The average molecular weight is 439 g/mol. The summed E-state index contributed by atoms with van der Waals surface area (Å²) in [6.45, 7) is 0. The SMILES string of the molecule is O=C(O)[C@@H](Cc1c[nH]c2ccccc12)NS(=O)(=O)c1cccc2oc3c(c12)CCCC3. The lowest BCUT2D eigenvalue weighted by atomic mass is 9.96. The van der Waals surface area contributed by atoms with Gasteiger partial charge in [-0.2, -0.15) is 4.72 Å². The van der Waals surface area contributed by atoms with Crippen molar-refractivity contribution in [1.29, 1.82) is 0 Å². The van der Waals surface area contributed by atoms with Crippen LogP contribution in [0.4, 0.5) is 0 Å². The summed E-state index contributed by atoms with van der Waals surface area (Å²) in [5.41, 5.74) is 3.06. The predicted molar refractivity (Wildman–Crippen MR) is 117 cm³/mol. The Balaban J connectivity index is 1.51. The second-order valence-corrected chi connectivity index (χ2v) is 9.60. The van der Waals surface area contributed by atoms with Gasteiger partial charge in [-0.1, -0.05) is 24.3 Å². The number of furan rings is 1. The average Bonchev–Trinajstić information content (AvgIpc) is 3.34. The number of para-hydroxylation sites is 1. The van der Waals surface area contributed by atoms with E-state index >= 15 is 0 Å². The first kappa shape index (κ1) is 19.8. The molecule has 1 atom stereocenters. The molecule has 0 saturated heterocycles. The highest BCUT2D eigenvalue weighted by Gasteiger charge is 2.30. The largest absolute Gasteiger partial charge is 0.480 e. The molecule has 160 valence electrons. The van der Waals surface area contributed by atoms with E-state index in [-0.39, 0.29) is 11.3 Å². The van der Waals surface area contributed by atoms with Crippen LogP contribution in [0.1, 0.15) is 29.7 Å². The number of aryl methyl sites for hydroxylation is 2. The number of nitrogens with one attached hydrogen (secondary N) is 2. The summed E-state index contributed by atoms with van der Waals surface area (Å²) in [7, 11) is -4.09. The third-order valence-electron chi connectivity index (χ3n) is 5.92. The monoisotopic (exact) mass is 438 g/mol. The molecule has 2 heterocycles. The third-order valence-corrected chi connectivity index (χ3v) is 7.44. The summed E-state index contributed by atoms with van der Waals surface area (Å²) < 4.78 is 34.9. The normalized spacial score (nSPS) is 15.2. The van der Waals surface area contributed by atoms with Gasteiger partial charge in [0.05, 0.1) is 4.90 Å². The molecule has 0 bridgehead atoms. The number of fused-ring (bicyclic) bond motifs is 4. The highest BCUT2D eigenvalue weighted by Crippen LogP contribution is 2.35. The van der Waals surface area contributed by atoms with Crippen molar-refractivity contribution in [3.8, 4) is 0 Å². The number of hydrogen-bond acceptors (Lipinski definition) is 4. The van der Waals surface area contributed by atoms with Crippen molar-refractivity contribution < 1.29 is 22.7 Å². The molecule has 5 rings (SSSR count). The van der Waals surface area contributed by atoms with Crippen LogP contribution in [0.3, 0.4) is 0 Å². The van der Waals surface area contributed by atoms with Crippen LogP contribution in [0, 0.1) is 0 Å². The zero-order valence-corrected chi connectivity index (χ0v) is 17.5. The van der Waals surface area contributed by atoms with Crippen molar-refractivity contribution in [2.45, 2.75) is 43.0 Å². The number of benzene rings is 2. The van der Waals surface area contributed by atoms with Crippen LogP contribution in [0.2, 0.25) is 0 Å². The minimum atomic E-state index is -4.09. The molecule has 31 heavy (non-hydrogen) atoms. The number of carboxylic acid groups (broad SMARTS) is 1. The van der Waals surface area contributed by atoms with Gasteiger partial charge in [0.25, 0.3) is 0 Å². The van der Waals surface area contributed by atoms with Gasteiger partial charge < -0.3 is 14.5 Å². The van der Waals surface area contributed by atoms with E-state index in [1.165, 1.54) is 6.07 Å². The maximum Gasteiger partial charge on any atom is 0.322 e. The predicted octanol–water partition coefficient (Wildman–Crippen LogP) is 3.77. The van der Waals surface area contributed by atoms with Crippen molar-refractivity contribution in [2.24, 2.45) is 0 Å². The van der Waals surface area contributed by atoms with Crippen LogP contribution in [-0.4, -0.2) is 30.5 Å². The number of carboxylic acids is 1. The Kier molecular flexibility index (Phi) is 4.83. The van der Waals surface area contributed by atoms with E-state index < -0.39 is 22.0 Å². The highest BCUT2D eigenvalue weighted by molar-refractivity contribution is 7.89. The molecule has 2 aromatic heterocycles. The molecule has 1 aliphatic carbocycles. The van der Waals surface area contributed by atoms with Gasteiger partial charge in [-0.15, -0.1) is 0 Å². The van der Waals surface area contributed by atoms with E-state index in [2.05, 4.69) is 9.71 Å².